The zero-order valence-corrected chi connectivity index (χ0v) is 22.1. The maximum atomic E-state index is 12.0. The highest BCUT2D eigenvalue weighted by molar-refractivity contribution is 6.29. The first-order chi connectivity index (χ1) is 18.1. The third kappa shape index (κ3) is 8.60. The molecule has 2 saturated carbocycles. The summed E-state index contributed by atoms with van der Waals surface area (Å²) in [5.41, 5.74) is 0.723. The van der Waals surface area contributed by atoms with E-state index < -0.39 is 0 Å². The zero-order valence-electron chi connectivity index (χ0n) is 21.3. The molecule has 0 radical (unpaired) electrons. The van der Waals surface area contributed by atoms with Crippen molar-refractivity contribution in [1.29, 1.82) is 0 Å². The van der Waals surface area contributed by atoms with Crippen molar-refractivity contribution in [3.8, 4) is 0 Å². The number of rotatable bonds is 9. The van der Waals surface area contributed by atoms with Crippen LogP contribution in [-0.4, -0.2) is 71.5 Å². The number of anilines is 1. The van der Waals surface area contributed by atoms with Gasteiger partial charge < -0.3 is 20.9 Å². The molecule has 200 valence electrons. The van der Waals surface area contributed by atoms with Crippen LogP contribution in [0.15, 0.2) is 24.3 Å². The second-order valence-electron chi connectivity index (χ2n) is 9.94. The van der Waals surface area contributed by atoms with E-state index in [0.29, 0.717) is 23.1 Å². The normalized spacial score (nSPS) is 17.6. The van der Waals surface area contributed by atoms with Crippen molar-refractivity contribution in [3.05, 3.63) is 40.8 Å². The molecule has 2 amide bonds. The fourth-order valence-electron chi connectivity index (χ4n) is 4.47. The molecule has 10 nitrogen and oxygen atoms in total. The minimum Gasteiger partial charge on any atom is -0.353 e. The van der Waals surface area contributed by atoms with Gasteiger partial charge in [0.1, 0.15) is 0 Å². The molecule has 3 fully saturated rings. The van der Waals surface area contributed by atoms with Crippen molar-refractivity contribution in [2.75, 3.05) is 44.2 Å². The van der Waals surface area contributed by atoms with Crippen LogP contribution >= 0.6 is 11.6 Å². The van der Waals surface area contributed by atoms with Gasteiger partial charge in [0, 0.05) is 39.3 Å². The molecule has 3 heterocycles. The number of hydrogen-bond acceptors (Lipinski definition) is 8. The highest BCUT2D eigenvalue weighted by Crippen LogP contribution is 2.29. The largest absolute Gasteiger partial charge is 0.353 e. The number of carbonyl (C=O) groups excluding carboxylic acids is 2. The summed E-state index contributed by atoms with van der Waals surface area (Å²) in [7, 11) is 0. The number of carbonyl (C=O) groups is 2. The molecule has 11 heteroatoms. The van der Waals surface area contributed by atoms with Gasteiger partial charge in [-0.2, -0.15) is 0 Å². The van der Waals surface area contributed by atoms with Crippen LogP contribution in [0.4, 0.5) is 5.82 Å². The van der Waals surface area contributed by atoms with Crippen molar-refractivity contribution in [3.63, 3.8) is 0 Å². The van der Waals surface area contributed by atoms with Gasteiger partial charge in [-0.15, -0.1) is 20.4 Å². The lowest BCUT2D eigenvalue weighted by Crippen LogP contribution is -2.44. The topological polar surface area (TPSA) is 125 Å². The fraction of sp³-hybridized carbons (Fsp3) is 0.615. The average Bonchev–Trinajstić information content (AvgIpc) is 2.88. The van der Waals surface area contributed by atoms with E-state index in [1.165, 1.54) is 38.5 Å². The third-order valence-electron chi connectivity index (χ3n) is 7.31. The second-order valence-corrected chi connectivity index (χ2v) is 10.3. The Morgan fingerprint density at radius 2 is 1.35 bits per heavy atom. The van der Waals surface area contributed by atoms with Gasteiger partial charge in [0.2, 0.25) is 0 Å². The smallest absolute Gasteiger partial charge is 0.271 e. The van der Waals surface area contributed by atoms with Gasteiger partial charge in [-0.3, -0.25) is 9.59 Å². The van der Waals surface area contributed by atoms with Crippen LogP contribution in [0.3, 0.4) is 0 Å². The number of amides is 2. The Labute approximate surface area is 223 Å². The lowest BCUT2D eigenvalue weighted by Gasteiger charge is -2.27. The molecule has 0 aromatic carbocycles. The van der Waals surface area contributed by atoms with E-state index in [0.717, 1.165) is 63.2 Å². The molecule has 2 aromatic heterocycles. The second kappa shape index (κ2) is 14.2. The predicted molar refractivity (Wildman–Crippen MR) is 143 cm³/mol. The van der Waals surface area contributed by atoms with E-state index in [4.69, 9.17) is 11.6 Å². The Kier molecular flexibility index (Phi) is 10.4. The molecule has 0 bridgehead atoms. The molecular formula is C26H37ClN8O2. The highest BCUT2D eigenvalue weighted by atomic mass is 35.5. The number of nitrogens with one attached hydrogen (secondary N) is 3. The first-order valence-corrected chi connectivity index (χ1v) is 13.8. The minimum absolute atomic E-state index is 0.117. The van der Waals surface area contributed by atoms with Crippen molar-refractivity contribution >= 4 is 29.2 Å². The first-order valence-electron chi connectivity index (χ1n) is 13.4. The average molecular weight is 529 g/mol. The Morgan fingerprint density at radius 1 is 0.811 bits per heavy atom. The van der Waals surface area contributed by atoms with E-state index in [2.05, 4.69) is 41.2 Å². The summed E-state index contributed by atoms with van der Waals surface area (Å²) in [5, 5.41) is 24.9. The van der Waals surface area contributed by atoms with Gasteiger partial charge >= 0.3 is 0 Å². The number of aromatic nitrogens is 4. The molecule has 37 heavy (non-hydrogen) atoms. The number of nitrogens with zero attached hydrogens (tertiary/aromatic N) is 5. The summed E-state index contributed by atoms with van der Waals surface area (Å²) in [6.07, 6.45) is 10.1. The van der Waals surface area contributed by atoms with E-state index in [-0.39, 0.29) is 11.8 Å². The van der Waals surface area contributed by atoms with Crippen LogP contribution in [0.2, 0.25) is 5.15 Å². The SMILES string of the molecule is O=C(NCCC1CCC1)c1ccc(Cl)nn1.O=C(NCCC1CCC1)c1ccc(N2CCNCC2)nn1. The Bertz CT molecular complexity index is 991. The molecule has 3 aliphatic rings. The van der Waals surface area contributed by atoms with Crippen molar-refractivity contribution in [2.24, 2.45) is 11.8 Å². The fourth-order valence-corrected chi connectivity index (χ4v) is 4.57. The van der Waals surface area contributed by atoms with Gasteiger partial charge in [-0.25, -0.2) is 0 Å². The summed E-state index contributed by atoms with van der Waals surface area (Å²) in [6.45, 7) is 5.25. The van der Waals surface area contributed by atoms with Crippen molar-refractivity contribution < 1.29 is 9.59 Å². The van der Waals surface area contributed by atoms with Crippen LogP contribution in [0.25, 0.3) is 0 Å². The zero-order chi connectivity index (χ0) is 25.9. The van der Waals surface area contributed by atoms with E-state index >= 15 is 0 Å². The maximum absolute atomic E-state index is 12.0. The Balaban J connectivity index is 0.000000180. The molecular weight excluding hydrogens is 492 g/mol. The Hall–Kier alpha value is -2.85. The highest BCUT2D eigenvalue weighted by Gasteiger charge is 2.19. The van der Waals surface area contributed by atoms with Crippen molar-refractivity contribution in [2.45, 2.75) is 51.4 Å². The number of piperazine rings is 1. The summed E-state index contributed by atoms with van der Waals surface area (Å²) in [4.78, 5) is 25.8. The lowest BCUT2D eigenvalue weighted by atomic mass is 9.83. The molecule has 2 aliphatic carbocycles. The molecule has 2 aromatic rings. The monoisotopic (exact) mass is 528 g/mol. The van der Waals surface area contributed by atoms with Gasteiger partial charge in [-0.05, 0) is 48.9 Å². The van der Waals surface area contributed by atoms with Gasteiger partial charge in [0.25, 0.3) is 11.8 Å². The van der Waals surface area contributed by atoms with Gasteiger partial charge in [0.15, 0.2) is 22.4 Å². The molecule has 1 aliphatic heterocycles. The van der Waals surface area contributed by atoms with Gasteiger partial charge in [0.05, 0.1) is 0 Å². The molecule has 0 atom stereocenters. The Morgan fingerprint density at radius 3 is 1.78 bits per heavy atom. The predicted octanol–water partition coefficient (Wildman–Crippen LogP) is 2.86. The lowest BCUT2D eigenvalue weighted by molar-refractivity contribution is 0.0934. The standard InChI is InChI=1S/C15H23N5O.C11H14ClN3O/c21-15(17-7-6-12-2-1-3-12)13-4-5-14(19-18-13)20-10-8-16-9-11-20;12-10-5-4-9(14-15-10)11(16)13-7-6-8-2-1-3-8/h4-5,12,16H,1-3,6-11H2,(H,17,21);4-5,8H,1-3,6-7H2,(H,13,16). The minimum atomic E-state index is -0.177. The van der Waals surface area contributed by atoms with Crippen molar-refractivity contribution in [1.82, 2.24) is 36.3 Å². The van der Waals surface area contributed by atoms with Crippen LogP contribution in [0.5, 0.6) is 0 Å². The third-order valence-corrected chi connectivity index (χ3v) is 7.52. The molecule has 5 rings (SSSR count). The summed E-state index contributed by atoms with van der Waals surface area (Å²) >= 11 is 5.58. The quantitative estimate of drug-likeness (QED) is 0.453. The summed E-state index contributed by atoms with van der Waals surface area (Å²) in [5.74, 6) is 2.17. The van der Waals surface area contributed by atoms with E-state index in [9.17, 15) is 9.59 Å². The van der Waals surface area contributed by atoms with E-state index in [1.807, 2.05) is 6.07 Å². The van der Waals surface area contributed by atoms with Crippen LogP contribution in [-0.2, 0) is 0 Å². The molecule has 3 N–H and O–H groups in total. The molecule has 0 unspecified atom stereocenters. The van der Waals surface area contributed by atoms with Crippen LogP contribution in [0, 0.1) is 11.8 Å². The van der Waals surface area contributed by atoms with E-state index in [1.54, 1.807) is 18.2 Å². The summed E-state index contributed by atoms with van der Waals surface area (Å²) in [6, 6.07) is 6.80. The number of halogens is 1. The molecule has 0 spiro atoms. The summed E-state index contributed by atoms with van der Waals surface area (Å²) < 4.78 is 0. The molecule has 1 saturated heterocycles. The number of hydrogen-bond donors (Lipinski definition) is 3. The maximum Gasteiger partial charge on any atom is 0.271 e. The van der Waals surface area contributed by atoms with Gasteiger partial charge in [-0.1, -0.05) is 50.1 Å². The van der Waals surface area contributed by atoms with Crippen LogP contribution < -0.4 is 20.9 Å². The van der Waals surface area contributed by atoms with Crippen LogP contribution in [0.1, 0.15) is 72.3 Å². The first kappa shape index (κ1) is 27.2.